The van der Waals surface area contributed by atoms with E-state index in [0.717, 1.165) is 18.4 Å². The van der Waals surface area contributed by atoms with E-state index in [0.29, 0.717) is 12.1 Å². The maximum absolute atomic E-state index is 11.2. The van der Waals surface area contributed by atoms with Crippen LogP contribution in [-0.2, 0) is 4.79 Å². The topological polar surface area (TPSA) is 29.1 Å². The Labute approximate surface area is 73.0 Å². The first kappa shape index (κ1) is 7.99. The van der Waals surface area contributed by atoms with Crippen molar-refractivity contribution in [3.05, 3.63) is 11.6 Å². The van der Waals surface area contributed by atoms with E-state index >= 15 is 0 Å². The molecule has 0 aromatic carbocycles. The number of fused-ring (bicyclic) bond motifs is 2. The zero-order valence-corrected chi connectivity index (χ0v) is 7.47. The molecule has 2 heteroatoms. The van der Waals surface area contributed by atoms with Gasteiger partial charge in [0.25, 0.3) is 0 Å². The van der Waals surface area contributed by atoms with Gasteiger partial charge < -0.3 is 5.32 Å². The Morgan fingerprint density at radius 1 is 1.50 bits per heavy atom. The second kappa shape index (κ2) is 3.02. The molecule has 0 aromatic rings. The van der Waals surface area contributed by atoms with Crippen LogP contribution in [0.25, 0.3) is 0 Å². The van der Waals surface area contributed by atoms with E-state index in [1.807, 2.05) is 0 Å². The molecule has 2 nitrogen and oxygen atoms in total. The predicted octanol–water partition coefficient (Wildman–Crippen LogP) is 1.42. The monoisotopic (exact) mass is 165 g/mol. The van der Waals surface area contributed by atoms with E-state index in [2.05, 4.69) is 11.4 Å². The van der Waals surface area contributed by atoms with Crippen LogP contribution in [0.4, 0.5) is 0 Å². The van der Waals surface area contributed by atoms with Gasteiger partial charge in [0, 0.05) is 17.7 Å². The molecule has 0 spiro atoms. The highest BCUT2D eigenvalue weighted by atomic mass is 16.1. The van der Waals surface area contributed by atoms with Gasteiger partial charge in [0.1, 0.15) is 0 Å². The lowest BCUT2D eigenvalue weighted by Crippen LogP contribution is -2.30. The van der Waals surface area contributed by atoms with E-state index in [-0.39, 0.29) is 5.78 Å². The van der Waals surface area contributed by atoms with Crippen LogP contribution in [-0.4, -0.2) is 17.9 Å². The van der Waals surface area contributed by atoms with Gasteiger partial charge in [-0.25, -0.2) is 0 Å². The normalized spacial score (nSPS) is 34.2. The average molecular weight is 165 g/mol. The number of ketones is 1. The summed E-state index contributed by atoms with van der Waals surface area (Å²) in [5.41, 5.74) is 1.02. The number of Topliss-reactive ketones (excluding diaryl/α,β-unsaturated/α-hetero) is 1. The number of nitrogens with one attached hydrogen (secondary N) is 1. The Morgan fingerprint density at radius 2 is 2.33 bits per heavy atom. The zero-order chi connectivity index (χ0) is 8.55. The lowest BCUT2D eigenvalue weighted by atomic mass is 9.98. The Hall–Kier alpha value is -0.630. The summed E-state index contributed by atoms with van der Waals surface area (Å²) >= 11 is 0. The number of rotatable bonds is 1. The lowest BCUT2D eigenvalue weighted by molar-refractivity contribution is -0.113. The largest absolute Gasteiger partial charge is 0.307 e. The molecule has 0 radical (unpaired) electrons. The highest BCUT2D eigenvalue weighted by molar-refractivity contribution is 5.94. The Balaban J connectivity index is 2.20. The maximum Gasteiger partial charge on any atom is 0.157 e. The molecule has 2 aliphatic heterocycles. The molecule has 2 bridgehead atoms. The first-order valence-electron chi connectivity index (χ1n) is 4.74. The third-order valence-electron chi connectivity index (χ3n) is 2.90. The summed E-state index contributed by atoms with van der Waals surface area (Å²) < 4.78 is 0. The average Bonchev–Trinajstić information content (AvgIpc) is 2.30. The molecule has 2 rings (SSSR count). The van der Waals surface area contributed by atoms with Crippen LogP contribution in [0.5, 0.6) is 0 Å². The summed E-state index contributed by atoms with van der Waals surface area (Å²) in [6, 6.07) is 1.04. The third kappa shape index (κ3) is 1.31. The van der Waals surface area contributed by atoms with Crippen LogP contribution in [0.3, 0.4) is 0 Å². The molecule has 1 fully saturated rings. The molecule has 1 unspecified atom stereocenters. The zero-order valence-electron chi connectivity index (χ0n) is 7.47. The molecular weight excluding hydrogens is 150 g/mol. The number of carbonyl (C=O) groups is 1. The number of allylic oxidation sites excluding steroid dienone is 1. The van der Waals surface area contributed by atoms with Crippen molar-refractivity contribution in [2.24, 2.45) is 0 Å². The van der Waals surface area contributed by atoms with Crippen LogP contribution >= 0.6 is 0 Å². The van der Waals surface area contributed by atoms with Gasteiger partial charge in [-0.15, -0.1) is 0 Å². The van der Waals surface area contributed by atoms with Crippen LogP contribution in [0, 0.1) is 0 Å². The molecule has 66 valence electrons. The Morgan fingerprint density at radius 3 is 3.08 bits per heavy atom. The van der Waals surface area contributed by atoms with Crippen LogP contribution in [0.15, 0.2) is 11.6 Å². The summed E-state index contributed by atoms with van der Waals surface area (Å²) in [6.45, 7) is 1.67. The summed E-state index contributed by atoms with van der Waals surface area (Å²) in [5, 5.41) is 3.50. The van der Waals surface area contributed by atoms with Crippen molar-refractivity contribution in [1.82, 2.24) is 5.32 Å². The van der Waals surface area contributed by atoms with Gasteiger partial charge in [0.15, 0.2) is 5.78 Å². The molecule has 2 heterocycles. The smallest absolute Gasteiger partial charge is 0.157 e. The lowest BCUT2D eigenvalue weighted by Gasteiger charge is -2.11. The highest BCUT2D eigenvalue weighted by Gasteiger charge is 2.29. The molecule has 0 aliphatic carbocycles. The minimum Gasteiger partial charge on any atom is -0.307 e. The van der Waals surface area contributed by atoms with E-state index in [1.165, 1.54) is 12.8 Å². The number of hydrogen-bond acceptors (Lipinski definition) is 2. The molecule has 12 heavy (non-hydrogen) atoms. The highest BCUT2D eigenvalue weighted by Crippen LogP contribution is 2.26. The molecule has 0 saturated carbocycles. The van der Waals surface area contributed by atoms with Crippen LogP contribution in [0.1, 0.15) is 32.6 Å². The van der Waals surface area contributed by atoms with E-state index < -0.39 is 0 Å². The van der Waals surface area contributed by atoms with Gasteiger partial charge in [0.2, 0.25) is 0 Å². The van der Waals surface area contributed by atoms with Gasteiger partial charge in [-0.05, 0) is 32.6 Å². The fourth-order valence-electron chi connectivity index (χ4n) is 2.26. The van der Waals surface area contributed by atoms with Gasteiger partial charge in [-0.2, -0.15) is 0 Å². The summed E-state index contributed by atoms with van der Waals surface area (Å²) in [6.07, 6.45) is 6.79. The SMILES string of the molecule is CC(=O)C1=CCC[C@H]2CCC1N2. The van der Waals surface area contributed by atoms with Crippen molar-refractivity contribution in [3.63, 3.8) is 0 Å². The van der Waals surface area contributed by atoms with Crippen molar-refractivity contribution < 1.29 is 4.79 Å². The third-order valence-corrected chi connectivity index (χ3v) is 2.90. The van der Waals surface area contributed by atoms with Gasteiger partial charge in [-0.1, -0.05) is 6.08 Å². The van der Waals surface area contributed by atoms with Crippen molar-refractivity contribution in [3.8, 4) is 0 Å². The molecule has 1 saturated heterocycles. The maximum atomic E-state index is 11.2. The number of hydrogen-bond donors (Lipinski definition) is 1. The van der Waals surface area contributed by atoms with Crippen molar-refractivity contribution in [1.29, 1.82) is 0 Å². The Kier molecular flexibility index (Phi) is 2.01. The minimum atomic E-state index is 0.245. The minimum absolute atomic E-state index is 0.245. The fourth-order valence-corrected chi connectivity index (χ4v) is 2.26. The first-order chi connectivity index (χ1) is 5.77. The standard InChI is InChI=1S/C10H15NO/c1-7(12)9-4-2-3-8-5-6-10(9)11-8/h4,8,10-11H,2-3,5-6H2,1H3/t8-,10?/m0/s1. The second-order valence-electron chi connectivity index (χ2n) is 3.79. The molecule has 2 atom stereocenters. The molecule has 0 amide bonds. The molecule has 0 aromatic heterocycles. The van der Waals surface area contributed by atoms with Crippen molar-refractivity contribution in [2.45, 2.75) is 44.7 Å². The van der Waals surface area contributed by atoms with Crippen LogP contribution < -0.4 is 5.32 Å². The van der Waals surface area contributed by atoms with Crippen LogP contribution in [0.2, 0.25) is 0 Å². The molecule has 1 N–H and O–H groups in total. The summed E-state index contributed by atoms with van der Waals surface area (Å²) in [7, 11) is 0. The van der Waals surface area contributed by atoms with Crippen molar-refractivity contribution in [2.75, 3.05) is 0 Å². The number of carbonyl (C=O) groups excluding carboxylic acids is 1. The fraction of sp³-hybridized carbons (Fsp3) is 0.700. The quantitative estimate of drug-likeness (QED) is 0.636. The predicted molar refractivity (Wildman–Crippen MR) is 47.9 cm³/mol. The van der Waals surface area contributed by atoms with E-state index in [9.17, 15) is 4.79 Å². The molecular formula is C10H15NO. The van der Waals surface area contributed by atoms with Crippen molar-refractivity contribution >= 4 is 5.78 Å². The molecule has 2 aliphatic rings. The van der Waals surface area contributed by atoms with Gasteiger partial charge in [-0.3, -0.25) is 4.79 Å². The second-order valence-corrected chi connectivity index (χ2v) is 3.79. The van der Waals surface area contributed by atoms with E-state index in [1.54, 1.807) is 6.92 Å². The Bertz CT molecular complexity index is 232. The van der Waals surface area contributed by atoms with Gasteiger partial charge >= 0.3 is 0 Å². The first-order valence-corrected chi connectivity index (χ1v) is 4.74. The van der Waals surface area contributed by atoms with E-state index in [4.69, 9.17) is 0 Å². The summed E-state index contributed by atoms with van der Waals surface area (Å²) in [5.74, 6) is 0.245. The summed E-state index contributed by atoms with van der Waals surface area (Å²) in [4.78, 5) is 11.2. The van der Waals surface area contributed by atoms with Gasteiger partial charge in [0.05, 0.1) is 0 Å².